The third-order valence-electron chi connectivity index (χ3n) is 13.4. The predicted octanol–water partition coefficient (Wildman–Crippen LogP) is 18.3. The molecule has 0 unspecified atom stereocenters. The van der Waals surface area contributed by atoms with Gasteiger partial charge >= 0.3 is 11.9 Å². The van der Waals surface area contributed by atoms with Crippen molar-refractivity contribution in [3.8, 4) is 22.6 Å². The van der Waals surface area contributed by atoms with Crippen LogP contribution in [0.2, 0.25) is 0 Å². The number of carbonyl (C=O) groups excluding carboxylic acids is 2. The van der Waals surface area contributed by atoms with Crippen molar-refractivity contribution in [1.29, 1.82) is 0 Å². The molecule has 6 aromatic rings. The van der Waals surface area contributed by atoms with Crippen molar-refractivity contribution in [3.63, 3.8) is 0 Å². The van der Waals surface area contributed by atoms with Crippen LogP contribution in [0.4, 0.5) is 0 Å². The molecule has 342 valence electrons. The van der Waals surface area contributed by atoms with Gasteiger partial charge in [0, 0.05) is 34.4 Å². The Balaban J connectivity index is 1.50. The molecule has 0 amide bonds. The molecular formula is C60H78O4. The number of hydrogen-bond acceptors (Lipinski definition) is 4. The zero-order valence-electron chi connectivity index (χ0n) is 40.1. The van der Waals surface area contributed by atoms with Crippen LogP contribution in [0.5, 0.6) is 11.5 Å². The van der Waals surface area contributed by atoms with Crippen molar-refractivity contribution < 1.29 is 19.1 Å². The second-order valence-electron chi connectivity index (χ2n) is 18.6. The Labute approximate surface area is 385 Å². The molecule has 0 heterocycles. The maximum absolute atomic E-state index is 13.8. The topological polar surface area (TPSA) is 52.6 Å². The number of fused-ring (bicyclic) bond motifs is 4. The summed E-state index contributed by atoms with van der Waals surface area (Å²) in [6.45, 7) is 9.01. The van der Waals surface area contributed by atoms with Crippen LogP contribution in [0.3, 0.4) is 0 Å². The summed E-state index contributed by atoms with van der Waals surface area (Å²) < 4.78 is 13.0. The highest BCUT2D eigenvalue weighted by atomic mass is 16.5. The van der Waals surface area contributed by atoms with Crippen molar-refractivity contribution in [2.75, 3.05) is 0 Å². The number of aryl methyl sites for hydroxylation is 2. The normalized spacial score (nSPS) is 11.6. The van der Waals surface area contributed by atoms with Crippen LogP contribution in [0.25, 0.3) is 54.2 Å². The summed E-state index contributed by atoms with van der Waals surface area (Å²) in [5.41, 5.74) is 4.86. The number of esters is 2. The van der Waals surface area contributed by atoms with Crippen LogP contribution >= 0.6 is 0 Å². The average molecular weight is 863 g/mol. The molecule has 0 atom stereocenters. The van der Waals surface area contributed by atoms with E-state index in [2.05, 4.69) is 113 Å². The van der Waals surface area contributed by atoms with E-state index in [0.717, 1.165) is 118 Å². The fourth-order valence-corrected chi connectivity index (χ4v) is 9.74. The van der Waals surface area contributed by atoms with Gasteiger partial charge in [-0.15, -0.1) is 0 Å². The SMILES string of the molecule is CCCCCCCCCC(=O)Oc1c2ccccc2c(-c2c3ccccc3c(OC(=O)CCCCCCCCC)c3ccc(CCCCCC)cc23)c2cc(CCCCCC)ccc12. The lowest BCUT2D eigenvalue weighted by Crippen LogP contribution is -2.09. The summed E-state index contributed by atoms with van der Waals surface area (Å²) in [6.07, 6.45) is 28.5. The molecule has 4 nitrogen and oxygen atoms in total. The van der Waals surface area contributed by atoms with Crippen LogP contribution < -0.4 is 9.47 Å². The standard InChI is InChI=1S/C60H78O4/c1-5-9-13-17-19-21-25-37-55(61)63-59-49-35-29-27-33-47(49)57(53-43-45(39-41-51(53)59)31-23-15-11-7-3)58-48-34-28-30-36-50(48)60(64-56(62)38-26-22-20-18-14-10-6-2)52-42-40-46(44-54(52)58)32-24-16-12-8-4/h27-30,33-36,39-44H,5-26,31-32,37-38H2,1-4H3. The van der Waals surface area contributed by atoms with E-state index in [1.54, 1.807) is 0 Å². The quantitative estimate of drug-likeness (QED) is 0.0204. The summed E-state index contributed by atoms with van der Waals surface area (Å²) in [6, 6.07) is 30.7. The van der Waals surface area contributed by atoms with Crippen LogP contribution in [0.1, 0.15) is 193 Å². The predicted molar refractivity (Wildman–Crippen MR) is 274 cm³/mol. The maximum Gasteiger partial charge on any atom is 0.311 e. The minimum atomic E-state index is -0.164. The van der Waals surface area contributed by atoms with Crippen molar-refractivity contribution in [1.82, 2.24) is 0 Å². The number of rotatable bonds is 29. The van der Waals surface area contributed by atoms with E-state index in [0.29, 0.717) is 24.3 Å². The Bertz CT molecular complexity index is 2240. The minimum absolute atomic E-state index is 0.164. The van der Waals surface area contributed by atoms with Crippen molar-refractivity contribution in [2.45, 2.75) is 195 Å². The van der Waals surface area contributed by atoms with Gasteiger partial charge in [-0.25, -0.2) is 0 Å². The molecule has 0 fully saturated rings. The van der Waals surface area contributed by atoms with Gasteiger partial charge in [-0.05, 0) is 82.3 Å². The molecule has 0 saturated heterocycles. The van der Waals surface area contributed by atoms with E-state index < -0.39 is 0 Å². The summed E-state index contributed by atoms with van der Waals surface area (Å²) >= 11 is 0. The van der Waals surface area contributed by atoms with E-state index in [9.17, 15) is 9.59 Å². The smallest absolute Gasteiger partial charge is 0.311 e. The zero-order valence-corrected chi connectivity index (χ0v) is 40.1. The summed E-state index contributed by atoms with van der Waals surface area (Å²) in [4.78, 5) is 27.5. The van der Waals surface area contributed by atoms with Gasteiger partial charge in [0.1, 0.15) is 11.5 Å². The van der Waals surface area contributed by atoms with E-state index in [1.165, 1.54) is 101 Å². The summed E-state index contributed by atoms with van der Waals surface area (Å²) in [7, 11) is 0. The third-order valence-corrected chi connectivity index (χ3v) is 13.4. The first-order valence-electron chi connectivity index (χ1n) is 25.8. The van der Waals surface area contributed by atoms with E-state index in [1.807, 2.05) is 0 Å². The molecule has 0 aliphatic carbocycles. The molecule has 0 aliphatic heterocycles. The second-order valence-corrected chi connectivity index (χ2v) is 18.6. The van der Waals surface area contributed by atoms with Crippen molar-refractivity contribution in [3.05, 3.63) is 96.1 Å². The maximum atomic E-state index is 13.8. The highest BCUT2D eigenvalue weighted by molar-refractivity contribution is 6.27. The van der Waals surface area contributed by atoms with Crippen LogP contribution in [-0.2, 0) is 22.4 Å². The number of unbranched alkanes of at least 4 members (excludes halogenated alkanes) is 18. The molecule has 0 N–H and O–H groups in total. The Morgan fingerprint density at radius 2 is 0.656 bits per heavy atom. The monoisotopic (exact) mass is 863 g/mol. The molecule has 64 heavy (non-hydrogen) atoms. The molecule has 0 radical (unpaired) electrons. The molecule has 0 aromatic heterocycles. The van der Waals surface area contributed by atoms with Crippen molar-refractivity contribution in [2.24, 2.45) is 0 Å². The molecule has 0 aliphatic rings. The third kappa shape index (κ3) is 13.2. The van der Waals surface area contributed by atoms with Gasteiger partial charge < -0.3 is 9.47 Å². The molecule has 0 bridgehead atoms. The number of ether oxygens (including phenoxy) is 2. The second kappa shape index (κ2) is 26.3. The minimum Gasteiger partial charge on any atom is -0.425 e. The first-order chi connectivity index (χ1) is 31.5. The van der Waals surface area contributed by atoms with Gasteiger partial charge in [-0.1, -0.05) is 228 Å². The number of carbonyl (C=O) groups is 2. The molecule has 6 rings (SSSR count). The van der Waals surface area contributed by atoms with Crippen LogP contribution in [-0.4, -0.2) is 11.9 Å². The number of hydrogen-bond donors (Lipinski definition) is 0. The Morgan fingerprint density at radius 1 is 0.344 bits per heavy atom. The first kappa shape index (κ1) is 48.7. The molecule has 0 saturated carbocycles. The van der Waals surface area contributed by atoms with E-state index in [-0.39, 0.29) is 11.9 Å². The molecule has 0 spiro atoms. The number of benzene rings is 6. The van der Waals surface area contributed by atoms with E-state index >= 15 is 0 Å². The lowest BCUT2D eigenvalue weighted by Gasteiger charge is -2.22. The molecule has 6 aromatic carbocycles. The fraction of sp³-hybridized carbons (Fsp3) is 0.500. The lowest BCUT2D eigenvalue weighted by molar-refractivity contribution is -0.135. The van der Waals surface area contributed by atoms with Gasteiger partial charge in [0.05, 0.1) is 0 Å². The van der Waals surface area contributed by atoms with Gasteiger partial charge in [0.25, 0.3) is 0 Å². The average Bonchev–Trinajstić information content (AvgIpc) is 3.31. The highest BCUT2D eigenvalue weighted by Crippen LogP contribution is 2.50. The van der Waals surface area contributed by atoms with Crippen LogP contribution in [0.15, 0.2) is 84.9 Å². The van der Waals surface area contributed by atoms with Gasteiger partial charge in [-0.2, -0.15) is 0 Å². The van der Waals surface area contributed by atoms with Gasteiger partial charge in [0.2, 0.25) is 0 Å². The van der Waals surface area contributed by atoms with Gasteiger partial charge in [-0.3, -0.25) is 9.59 Å². The Hall–Kier alpha value is -4.70. The largest absolute Gasteiger partial charge is 0.425 e. The van der Waals surface area contributed by atoms with E-state index in [4.69, 9.17) is 9.47 Å². The fourth-order valence-electron chi connectivity index (χ4n) is 9.74. The first-order valence-corrected chi connectivity index (χ1v) is 25.8. The molecule has 4 heteroatoms. The lowest BCUT2D eigenvalue weighted by atomic mass is 9.84. The molecular weight excluding hydrogens is 785 g/mol. The highest BCUT2D eigenvalue weighted by Gasteiger charge is 2.25. The summed E-state index contributed by atoms with van der Waals surface area (Å²) in [5, 5.41) is 8.08. The van der Waals surface area contributed by atoms with Crippen LogP contribution in [0, 0.1) is 0 Å². The van der Waals surface area contributed by atoms with Crippen molar-refractivity contribution >= 4 is 55.0 Å². The Morgan fingerprint density at radius 3 is 1.03 bits per heavy atom. The Kier molecular flexibility index (Phi) is 20.0. The van der Waals surface area contributed by atoms with Gasteiger partial charge in [0.15, 0.2) is 0 Å². The summed E-state index contributed by atoms with van der Waals surface area (Å²) in [5.74, 6) is 0.979. The zero-order chi connectivity index (χ0) is 44.9.